The molecule has 0 saturated carbocycles. The second-order valence-corrected chi connectivity index (χ2v) is 14.7. The number of halogens is 3. The Bertz CT molecular complexity index is 1830. The summed E-state index contributed by atoms with van der Waals surface area (Å²) >= 11 is 6.59. The lowest BCUT2D eigenvalue weighted by atomic mass is 9.95. The maximum absolute atomic E-state index is 16.8. The topological polar surface area (TPSA) is 58.1 Å². The number of carbonyl (C=O) groups is 1. The first-order chi connectivity index (χ1) is 22.5. The van der Waals surface area contributed by atoms with Crippen LogP contribution in [0.3, 0.4) is 0 Å². The summed E-state index contributed by atoms with van der Waals surface area (Å²) in [6.45, 7) is 9.03. The number of rotatable bonds is 5. The smallest absolute Gasteiger partial charge is 0.410 e. The van der Waals surface area contributed by atoms with Crippen molar-refractivity contribution in [3.05, 3.63) is 65.2 Å². The van der Waals surface area contributed by atoms with Crippen LogP contribution in [-0.4, -0.2) is 78.4 Å². The molecular weight excluding hydrogens is 622 g/mol. The zero-order chi connectivity index (χ0) is 33.0. The molecule has 3 aliphatic rings. The number of fused-ring (bicyclic) bond motifs is 4. The molecule has 2 bridgehead atoms. The molecule has 3 fully saturated rings. The molecule has 0 spiro atoms. The van der Waals surface area contributed by atoms with Crippen LogP contribution in [0.4, 0.5) is 19.3 Å². The number of carbonyl (C=O) groups excluding carboxylic acids is 1. The number of amides is 1. The summed E-state index contributed by atoms with van der Waals surface area (Å²) in [5, 5.41) is 2.15. The van der Waals surface area contributed by atoms with Crippen LogP contribution in [0.1, 0.15) is 46.5 Å². The van der Waals surface area contributed by atoms with E-state index in [1.165, 1.54) is 6.07 Å². The van der Waals surface area contributed by atoms with E-state index in [-0.39, 0.29) is 29.3 Å². The average Bonchev–Trinajstić information content (AvgIpc) is 3.29. The molecule has 4 aromatic rings. The molecule has 3 aromatic carbocycles. The molecule has 4 heterocycles. The van der Waals surface area contributed by atoms with Gasteiger partial charge in [0.2, 0.25) is 5.88 Å². The molecule has 47 heavy (non-hydrogen) atoms. The van der Waals surface area contributed by atoms with E-state index >= 15 is 8.78 Å². The van der Waals surface area contributed by atoms with Crippen LogP contribution >= 0.6 is 11.6 Å². The molecule has 0 N–H and O–H groups in total. The number of aromatic nitrogens is 1. The number of hydrogen-bond acceptors (Lipinski definition) is 6. The number of benzene rings is 3. The van der Waals surface area contributed by atoms with Gasteiger partial charge in [-0.1, -0.05) is 41.9 Å². The molecule has 1 amide bonds. The molecule has 0 radical (unpaired) electrons. The van der Waals surface area contributed by atoms with Crippen molar-refractivity contribution in [2.45, 2.75) is 64.1 Å². The third-order valence-electron chi connectivity index (χ3n) is 9.69. The Kier molecular flexibility index (Phi) is 8.41. The van der Waals surface area contributed by atoms with Crippen molar-refractivity contribution in [2.24, 2.45) is 5.92 Å². The first-order valence-electron chi connectivity index (χ1n) is 16.5. The van der Waals surface area contributed by atoms with Gasteiger partial charge in [-0.25, -0.2) is 18.6 Å². The van der Waals surface area contributed by atoms with Crippen LogP contribution in [0.25, 0.3) is 32.8 Å². The van der Waals surface area contributed by atoms with Gasteiger partial charge in [0.1, 0.15) is 16.9 Å². The lowest BCUT2D eigenvalue weighted by molar-refractivity contribution is 0.0123. The zero-order valence-corrected chi connectivity index (χ0v) is 28.1. The minimum atomic E-state index is -0.758. The van der Waals surface area contributed by atoms with Gasteiger partial charge in [-0.2, -0.15) is 0 Å². The molecular formula is C37H41ClF2N4O3. The number of hydrogen-bond donors (Lipinski definition) is 0. The van der Waals surface area contributed by atoms with E-state index in [0.717, 1.165) is 44.2 Å². The fourth-order valence-electron chi connectivity index (χ4n) is 7.66. The fourth-order valence-corrected chi connectivity index (χ4v) is 7.94. The van der Waals surface area contributed by atoms with E-state index < -0.39 is 17.2 Å². The highest BCUT2D eigenvalue weighted by Gasteiger charge is 2.45. The Morgan fingerprint density at radius 1 is 1.02 bits per heavy atom. The van der Waals surface area contributed by atoms with Crippen molar-refractivity contribution in [3.8, 4) is 17.0 Å². The summed E-state index contributed by atoms with van der Waals surface area (Å²) in [5.74, 6) is -0.823. The van der Waals surface area contributed by atoms with Crippen LogP contribution in [-0.2, 0) is 4.74 Å². The first kappa shape index (κ1) is 31.9. The highest BCUT2D eigenvalue weighted by molar-refractivity contribution is 6.36. The molecule has 7 rings (SSSR count). The Hall–Kier alpha value is -3.69. The SMILES string of the molecule is CN1CCCC(COc2cc(N3C[C@H]4CC[C@@H](C3)N4C(=O)OC(C)(C)C)c3cc(F)c(-c4cccc5cccc(Cl)c45)c(F)c3n2)C1. The Balaban J connectivity index is 1.31. The quantitative estimate of drug-likeness (QED) is 0.214. The number of ether oxygens (including phenoxy) is 2. The van der Waals surface area contributed by atoms with Crippen molar-refractivity contribution >= 4 is 45.1 Å². The van der Waals surface area contributed by atoms with Gasteiger partial charge in [0.25, 0.3) is 0 Å². The number of piperidine rings is 1. The Morgan fingerprint density at radius 3 is 2.45 bits per heavy atom. The van der Waals surface area contributed by atoms with Gasteiger partial charge >= 0.3 is 6.09 Å². The second-order valence-electron chi connectivity index (χ2n) is 14.3. The third kappa shape index (κ3) is 6.20. The summed E-state index contributed by atoms with van der Waals surface area (Å²) in [6, 6.07) is 13.8. The van der Waals surface area contributed by atoms with E-state index in [1.54, 1.807) is 18.2 Å². The van der Waals surface area contributed by atoms with Gasteiger partial charge in [0, 0.05) is 47.4 Å². The van der Waals surface area contributed by atoms with Crippen molar-refractivity contribution in [2.75, 3.05) is 44.7 Å². The van der Waals surface area contributed by atoms with E-state index in [0.29, 0.717) is 58.5 Å². The van der Waals surface area contributed by atoms with Gasteiger partial charge in [-0.3, -0.25) is 4.90 Å². The predicted octanol–water partition coefficient (Wildman–Crippen LogP) is 8.30. The predicted molar refractivity (Wildman–Crippen MR) is 182 cm³/mol. The first-order valence-corrected chi connectivity index (χ1v) is 16.9. The normalized spacial score (nSPS) is 21.9. The van der Waals surface area contributed by atoms with Crippen LogP contribution in [0.15, 0.2) is 48.5 Å². The minimum absolute atomic E-state index is 0.0423. The molecule has 3 saturated heterocycles. The largest absolute Gasteiger partial charge is 0.477 e. The van der Waals surface area contributed by atoms with E-state index in [4.69, 9.17) is 21.1 Å². The summed E-state index contributed by atoms with van der Waals surface area (Å²) in [5.41, 5.74) is 0.284. The molecule has 1 aromatic heterocycles. The number of likely N-dealkylation sites (tertiary alicyclic amines) is 1. The highest BCUT2D eigenvalue weighted by Crippen LogP contribution is 2.43. The fraction of sp³-hybridized carbons (Fsp3) is 0.459. The van der Waals surface area contributed by atoms with Gasteiger partial charge < -0.3 is 19.3 Å². The van der Waals surface area contributed by atoms with Crippen LogP contribution in [0, 0.1) is 17.6 Å². The van der Waals surface area contributed by atoms with Crippen molar-refractivity contribution in [1.29, 1.82) is 0 Å². The number of nitrogens with zero attached hydrogens (tertiary/aromatic N) is 4. The van der Waals surface area contributed by atoms with E-state index in [9.17, 15) is 4.79 Å². The van der Waals surface area contributed by atoms with Crippen molar-refractivity contribution < 1.29 is 23.0 Å². The molecule has 7 nitrogen and oxygen atoms in total. The lowest BCUT2D eigenvalue weighted by Crippen LogP contribution is -2.56. The molecule has 3 atom stereocenters. The van der Waals surface area contributed by atoms with Crippen LogP contribution in [0.2, 0.25) is 5.02 Å². The van der Waals surface area contributed by atoms with Crippen molar-refractivity contribution in [1.82, 2.24) is 14.8 Å². The van der Waals surface area contributed by atoms with Crippen LogP contribution in [0.5, 0.6) is 5.88 Å². The molecule has 248 valence electrons. The van der Waals surface area contributed by atoms with E-state index in [2.05, 4.69) is 21.8 Å². The maximum atomic E-state index is 16.8. The van der Waals surface area contributed by atoms with E-state index in [1.807, 2.05) is 49.9 Å². The van der Waals surface area contributed by atoms with Gasteiger partial charge in [0.05, 0.1) is 29.9 Å². The summed E-state index contributed by atoms with van der Waals surface area (Å²) in [7, 11) is 2.11. The molecule has 3 aliphatic heterocycles. The Labute approximate surface area is 279 Å². The third-order valence-corrected chi connectivity index (χ3v) is 10.0. The molecule has 0 aliphatic carbocycles. The summed E-state index contributed by atoms with van der Waals surface area (Å²) in [4.78, 5) is 24.1. The number of pyridine rings is 1. The number of anilines is 1. The molecule has 10 heteroatoms. The molecule has 1 unspecified atom stereocenters. The monoisotopic (exact) mass is 662 g/mol. The van der Waals surface area contributed by atoms with Crippen LogP contribution < -0.4 is 9.64 Å². The maximum Gasteiger partial charge on any atom is 0.410 e. The van der Waals surface area contributed by atoms with Gasteiger partial charge in [-0.15, -0.1) is 0 Å². The average molecular weight is 663 g/mol. The van der Waals surface area contributed by atoms with Gasteiger partial charge in [-0.05, 0) is 83.1 Å². The second kappa shape index (κ2) is 12.4. The summed E-state index contributed by atoms with van der Waals surface area (Å²) < 4.78 is 45.1. The lowest BCUT2D eigenvalue weighted by Gasteiger charge is -2.42. The summed E-state index contributed by atoms with van der Waals surface area (Å²) in [6.07, 6.45) is 3.48. The standard InChI is InChI=1S/C37H41ClF2N4O3/c1-37(2,3)47-36(45)44-24-13-14-25(44)20-43(19-24)30-17-31(46-21-22-8-7-15-42(4)18-22)41-35-27(30)16-29(39)33(34(35)40)26-11-5-9-23-10-6-12-28(38)32(23)26/h5-6,9-12,16-17,22,24-25H,7-8,13-15,18-21H2,1-4H3/t22?,24-,25+. The number of piperazine rings is 1. The minimum Gasteiger partial charge on any atom is -0.477 e. The highest BCUT2D eigenvalue weighted by atomic mass is 35.5. The Morgan fingerprint density at radius 2 is 1.74 bits per heavy atom. The van der Waals surface area contributed by atoms with Crippen molar-refractivity contribution in [3.63, 3.8) is 0 Å². The van der Waals surface area contributed by atoms with Gasteiger partial charge in [0.15, 0.2) is 5.82 Å². The zero-order valence-electron chi connectivity index (χ0n) is 27.4.